The highest BCUT2D eigenvalue weighted by atomic mass is 35.5. The van der Waals surface area contributed by atoms with Gasteiger partial charge >= 0.3 is 0 Å². The molecule has 2 aromatic rings. The summed E-state index contributed by atoms with van der Waals surface area (Å²) in [4.78, 5) is 12.0. The summed E-state index contributed by atoms with van der Waals surface area (Å²) in [5.41, 5.74) is 1.78. The van der Waals surface area contributed by atoms with E-state index in [0.717, 1.165) is 11.3 Å². The second kappa shape index (κ2) is 7.70. The lowest BCUT2D eigenvalue weighted by atomic mass is 10.2. The summed E-state index contributed by atoms with van der Waals surface area (Å²) in [5.74, 6) is 0.635. The van der Waals surface area contributed by atoms with E-state index in [4.69, 9.17) is 16.3 Å². The van der Waals surface area contributed by atoms with Gasteiger partial charge < -0.3 is 9.30 Å². The van der Waals surface area contributed by atoms with Crippen molar-refractivity contribution in [3.05, 3.63) is 76.7 Å². The zero-order valence-corrected chi connectivity index (χ0v) is 12.6. The predicted octanol–water partition coefficient (Wildman–Crippen LogP) is 3.59. The van der Waals surface area contributed by atoms with Crippen LogP contribution in [0.4, 0.5) is 0 Å². The lowest BCUT2D eigenvalue weighted by Gasteiger charge is -2.14. The van der Waals surface area contributed by atoms with Crippen molar-refractivity contribution in [2.45, 2.75) is 18.8 Å². The number of aromatic nitrogens is 1. The maximum atomic E-state index is 12.0. The Balaban J connectivity index is 2.27. The fourth-order valence-corrected chi connectivity index (χ4v) is 2.23. The number of hydrogen-bond acceptors (Lipinski definition) is 2. The van der Waals surface area contributed by atoms with E-state index in [0.29, 0.717) is 25.3 Å². The van der Waals surface area contributed by atoms with Crippen LogP contribution in [0.25, 0.3) is 0 Å². The lowest BCUT2D eigenvalue weighted by Crippen LogP contribution is -2.15. The van der Waals surface area contributed by atoms with Gasteiger partial charge in [-0.15, -0.1) is 18.2 Å². The number of halogens is 1. The van der Waals surface area contributed by atoms with Crippen LogP contribution in [0.1, 0.15) is 17.7 Å². The van der Waals surface area contributed by atoms with Crippen molar-refractivity contribution in [2.75, 3.05) is 6.61 Å². The summed E-state index contributed by atoms with van der Waals surface area (Å²) in [6.07, 6.45) is 4.20. The van der Waals surface area contributed by atoms with Crippen LogP contribution in [0.2, 0.25) is 0 Å². The van der Waals surface area contributed by atoms with Crippen LogP contribution >= 0.6 is 11.6 Å². The number of rotatable bonds is 7. The van der Waals surface area contributed by atoms with Gasteiger partial charge in [-0.3, -0.25) is 4.79 Å². The molecule has 1 heterocycles. The van der Waals surface area contributed by atoms with Crippen LogP contribution in [0.15, 0.2) is 60.0 Å². The van der Waals surface area contributed by atoms with Crippen molar-refractivity contribution < 1.29 is 4.74 Å². The zero-order valence-electron chi connectivity index (χ0n) is 11.8. The molecule has 0 fully saturated rings. The maximum absolute atomic E-state index is 12.0. The van der Waals surface area contributed by atoms with E-state index < -0.39 is 0 Å². The van der Waals surface area contributed by atoms with Crippen LogP contribution in [0, 0.1) is 0 Å². The van der Waals surface area contributed by atoms with Crippen LogP contribution in [0.3, 0.4) is 0 Å². The van der Waals surface area contributed by atoms with Crippen LogP contribution in [0.5, 0.6) is 5.75 Å². The van der Waals surface area contributed by atoms with Gasteiger partial charge in [0, 0.05) is 18.3 Å². The molecule has 0 atom stereocenters. The van der Waals surface area contributed by atoms with E-state index in [-0.39, 0.29) is 11.3 Å². The van der Waals surface area contributed by atoms with Crippen LogP contribution in [-0.4, -0.2) is 11.2 Å². The van der Waals surface area contributed by atoms with E-state index in [1.165, 1.54) is 0 Å². The Labute approximate surface area is 129 Å². The van der Waals surface area contributed by atoms with E-state index >= 15 is 0 Å². The number of alkyl halides is 1. The number of pyridine rings is 1. The quantitative estimate of drug-likeness (QED) is 0.445. The molecule has 110 valence electrons. The third kappa shape index (κ3) is 4.23. The maximum Gasteiger partial charge on any atom is 0.223 e. The Bertz CT molecular complexity index is 650. The van der Waals surface area contributed by atoms with E-state index in [9.17, 15) is 4.79 Å². The van der Waals surface area contributed by atoms with E-state index in [1.54, 1.807) is 18.3 Å². The van der Waals surface area contributed by atoms with Gasteiger partial charge in [0.2, 0.25) is 5.43 Å². The summed E-state index contributed by atoms with van der Waals surface area (Å²) in [6.45, 7) is 4.74. The minimum atomic E-state index is -0.140. The van der Waals surface area contributed by atoms with Crippen molar-refractivity contribution in [1.29, 1.82) is 0 Å². The number of benzene rings is 1. The Morgan fingerprint density at radius 2 is 2.05 bits per heavy atom. The van der Waals surface area contributed by atoms with Gasteiger partial charge in [0.15, 0.2) is 5.75 Å². The number of ether oxygens (including phenoxy) is 1. The van der Waals surface area contributed by atoms with Gasteiger partial charge in [0.05, 0.1) is 18.7 Å². The summed E-state index contributed by atoms with van der Waals surface area (Å²) >= 11 is 5.94. The van der Waals surface area contributed by atoms with Crippen molar-refractivity contribution in [3.63, 3.8) is 0 Å². The molecule has 0 aliphatic carbocycles. The van der Waals surface area contributed by atoms with Crippen LogP contribution in [-0.2, 0) is 12.4 Å². The minimum absolute atomic E-state index is 0.140. The van der Waals surface area contributed by atoms with Crippen molar-refractivity contribution in [2.24, 2.45) is 0 Å². The molecule has 4 heteroatoms. The van der Waals surface area contributed by atoms with Crippen molar-refractivity contribution in [1.82, 2.24) is 4.57 Å². The molecule has 0 N–H and O–H groups in total. The van der Waals surface area contributed by atoms with E-state index in [2.05, 4.69) is 6.58 Å². The first-order chi connectivity index (χ1) is 10.2. The molecular weight excluding hydrogens is 286 g/mol. The molecule has 21 heavy (non-hydrogen) atoms. The summed E-state index contributed by atoms with van der Waals surface area (Å²) in [7, 11) is 0. The predicted molar refractivity (Wildman–Crippen MR) is 86.1 cm³/mol. The smallest absolute Gasteiger partial charge is 0.223 e. The van der Waals surface area contributed by atoms with Crippen molar-refractivity contribution >= 4 is 11.6 Å². The molecule has 0 aliphatic heterocycles. The molecule has 0 saturated heterocycles. The number of nitrogens with zero attached hydrogens (tertiary/aromatic N) is 1. The molecule has 0 spiro atoms. The van der Waals surface area contributed by atoms with Gasteiger partial charge in [0.1, 0.15) is 0 Å². The van der Waals surface area contributed by atoms with Crippen LogP contribution < -0.4 is 10.2 Å². The highest BCUT2D eigenvalue weighted by molar-refractivity contribution is 6.16. The first-order valence-electron chi connectivity index (χ1n) is 6.81. The van der Waals surface area contributed by atoms with Gasteiger partial charge in [-0.2, -0.15) is 0 Å². The average Bonchev–Trinajstić information content (AvgIpc) is 2.51. The van der Waals surface area contributed by atoms with Gasteiger partial charge in [0.25, 0.3) is 0 Å². The Morgan fingerprint density at radius 1 is 1.29 bits per heavy atom. The third-order valence-electron chi connectivity index (χ3n) is 3.09. The molecular formula is C17H18ClNO2. The molecule has 1 aromatic carbocycles. The molecule has 0 amide bonds. The fraction of sp³-hybridized carbons (Fsp3) is 0.235. The molecule has 0 aliphatic rings. The van der Waals surface area contributed by atoms with Gasteiger partial charge in [-0.1, -0.05) is 36.4 Å². The first kappa shape index (κ1) is 15.4. The molecule has 2 rings (SSSR count). The Morgan fingerprint density at radius 3 is 2.71 bits per heavy atom. The molecule has 1 aromatic heterocycles. The minimum Gasteiger partial charge on any atom is -0.488 e. The molecule has 0 bridgehead atoms. The molecule has 0 saturated carbocycles. The van der Waals surface area contributed by atoms with Gasteiger partial charge in [-0.25, -0.2) is 0 Å². The first-order valence-corrected chi connectivity index (χ1v) is 7.35. The highest BCUT2D eigenvalue weighted by Gasteiger charge is 2.07. The normalized spacial score (nSPS) is 10.3. The molecule has 0 radical (unpaired) electrons. The van der Waals surface area contributed by atoms with Crippen molar-refractivity contribution in [3.8, 4) is 5.75 Å². The second-order valence-corrected chi connectivity index (χ2v) is 4.93. The highest BCUT2D eigenvalue weighted by Crippen LogP contribution is 2.12. The Hall–Kier alpha value is -2.00. The molecule has 3 nitrogen and oxygen atoms in total. The zero-order chi connectivity index (χ0) is 15.1. The third-order valence-corrected chi connectivity index (χ3v) is 3.37. The lowest BCUT2D eigenvalue weighted by molar-refractivity contribution is 0.318. The second-order valence-electron chi connectivity index (χ2n) is 4.67. The summed E-state index contributed by atoms with van der Waals surface area (Å²) in [6, 6.07) is 11.6. The Kier molecular flexibility index (Phi) is 5.64. The average molecular weight is 304 g/mol. The largest absolute Gasteiger partial charge is 0.488 e. The summed E-state index contributed by atoms with van der Waals surface area (Å²) in [5, 5.41) is 0. The topological polar surface area (TPSA) is 31.2 Å². The number of hydrogen-bond donors (Lipinski definition) is 0. The van der Waals surface area contributed by atoms with Gasteiger partial charge in [-0.05, 0) is 12.0 Å². The molecule has 0 unspecified atom stereocenters. The summed E-state index contributed by atoms with van der Waals surface area (Å²) < 4.78 is 7.46. The van der Waals surface area contributed by atoms with E-state index in [1.807, 2.05) is 34.9 Å². The SMILES string of the molecule is C=CCCOc1cn(Cc2ccccc2)c(CCl)cc1=O. The standard InChI is InChI=1S/C17H18ClNO2/c1-2-3-9-21-17-13-19(15(11-18)10-16(17)20)12-14-7-5-4-6-8-14/h2,4-8,10,13H,1,3,9,11-12H2. The fourth-order valence-electron chi connectivity index (χ4n) is 2.00. The monoisotopic (exact) mass is 303 g/mol.